The van der Waals surface area contributed by atoms with Gasteiger partial charge in [-0.05, 0) is 38.0 Å². The van der Waals surface area contributed by atoms with Gasteiger partial charge in [-0.25, -0.2) is 0 Å². The Labute approximate surface area is 134 Å². The number of nitrogens with one attached hydrogen (secondary N) is 1. The molecule has 0 spiro atoms. The van der Waals surface area contributed by atoms with Crippen LogP contribution < -0.4 is 5.32 Å². The number of carbonyl (C=O) groups is 2. The number of ether oxygens (including phenoxy) is 2. The topological polar surface area (TPSA) is 64.6 Å². The molecule has 0 atom stereocenters. The largest absolute Gasteiger partial charge is 0.381 e. The van der Waals surface area contributed by atoms with E-state index in [0.717, 1.165) is 45.0 Å². The number of amides is 1. The lowest BCUT2D eigenvalue weighted by molar-refractivity contribution is -0.123. The van der Waals surface area contributed by atoms with Gasteiger partial charge in [0, 0.05) is 38.2 Å². The second-order valence-corrected chi connectivity index (χ2v) is 6.50. The number of hydrogen-bond acceptors (Lipinski definition) is 4. The second kappa shape index (κ2) is 11.6. The van der Waals surface area contributed by atoms with E-state index in [-0.39, 0.29) is 17.9 Å². The molecular formula is C17H31NO4. The summed E-state index contributed by atoms with van der Waals surface area (Å²) in [6.07, 6.45) is 5.90. The van der Waals surface area contributed by atoms with Crippen molar-refractivity contribution in [3.63, 3.8) is 0 Å². The van der Waals surface area contributed by atoms with Gasteiger partial charge >= 0.3 is 0 Å². The fourth-order valence-corrected chi connectivity index (χ4v) is 2.55. The molecular weight excluding hydrogens is 282 g/mol. The highest BCUT2D eigenvalue weighted by Gasteiger charge is 2.21. The quantitative estimate of drug-likeness (QED) is 0.470. The van der Waals surface area contributed by atoms with Gasteiger partial charge in [0.1, 0.15) is 6.29 Å². The summed E-state index contributed by atoms with van der Waals surface area (Å²) in [5, 5.41) is 3.03. The molecule has 0 aromatic heterocycles. The molecule has 22 heavy (non-hydrogen) atoms. The van der Waals surface area contributed by atoms with Gasteiger partial charge in [0.2, 0.25) is 5.91 Å². The van der Waals surface area contributed by atoms with Crippen LogP contribution in [0.3, 0.4) is 0 Å². The predicted molar refractivity (Wildman–Crippen MR) is 85.7 cm³/mol. The zero-order valence-electron chi connectivity index (χ0n) is 14.0. The predicted octanol–water partition coefficient (Wildman–Crippen LogP) is 2.33. The van der Waals surface area contributed by atoms with E-state index in [0.29, 0.717) is 32.2 Å². The maximum atomic E-state index is 11.8. The van der Waals surface area contributed by atoms with Crippen molar-refractivity contribution in [3.05, 3.63) is 0 Å². The number of hydrogen-bond donors (Lipinski definition) is 1. The average molecular weight is 313 g/mol. The molecule has 0 radical (unpaired) electrons. The van der Waals surface area contributed by atoms with E-state index in [1.54, 1.807) is 0 Å². The van der Waals surface area contributed by atoms with Gasteiger partial charge < -0.3 is 19.6 Å². The van der Waals surface area contributed by atoms with Gasteiger partial charge in [-0.3, -0.25) is 4.79 Å². The van der Waals surface area contributed by atoms with Crippen LogP contribution in [0.5, 0.6) is 0 Å². The molecule has 0 aromatic rings. The Hall–Kier alpha value is -0.940. The summed E-state index contributed by atoms with van der Waals surface area (Å²) in [5.41, 5.74) is 0. The van der Waals surface area contributed by atoms with Gasteiger partial charge in [-0.1, -0.05) is 13.8 Å². The lowest BCUT2D eigenvalue weighted by atomic mass is 9.87. The first kappa shape index (κ1) is 19.1. The SMILES string of the molecule is CC(C)COCCCOCCC(=O)NC1CCC(C=O)CC1. The summed E-state index contributed by atoms with van der Waals surface area (Å²) in [4.78, 5) is 22.5. The van der Waals surface area contributed by atoms with Crippen molar-refractivity contribution in [3.8, 4) is 0 Å². The van der Waals surface area contributed by atoms with Crippen molar-refractivity contribution < 1.29 is 19.1 Å². The molecule has 0 aliphatic heterocycles. The minimum absolute atomic E-state index is 0.0469. The lowest BCUT2D eigenvalue weighted by Crippen LogP contribution is -2.38. The molecule has 0 unspecified atom stereocenters. The molecule has 1 saturated carbocycles. The van der Waals surface area contributed by atoms with Gasteiger partial charge in [0.15, 0.2) is 0 Å². The van der Waals surface area contributed by atoms with Crippen molar-refractivity contribution in [1.82, 2.24) is 5.32 Å². The molecule has 0 bridgehead atoms. The van der Waals surface area contributed by atoms with E-state index in [4.69, 9.17) is 9.47 Å². The van der Waals surface area contributed by atoms with Gasteiger partial charge in [0.05, 0.1) is 6.61 Å². The van der Waals surface area contributed by atoms with Crippen molar-refractivity contribution in [1.29, 1.82) is 0 Å². The first-order valence-corrected chi connectivity index (χ1v) is 8.52. The molecule has 0 heterocycles. The van der Waals surface area contributed by atoms with E-state index in [1.807, 2.05) is 0 Å². The van der Waals surface area contributed by atoms with Crippen LogP contribution in [0.1, 0.15) is 52.4 Å². The van der Waals surface area contributed by atoms with Crippen molar-refractivity contribution >= 4 is 12.2 Å². The minimum atomic E-state index is 0.0469. The molecule has 0 aromatic carbocycles. The van der Waals surface area contributed by atoms with Crippen molar-refractivity contribution in [2.75, 3.05) is 26.4 Å². The fourth-order valence-electron chi connectivity index (χ4n) is 2.55. The van der Waals surface area contributed by atoms with Crippen LogP contribution in [0.25, 0.3) is 0 Å². The molecule has 5 nitrogen and oxygen atoms in total. The third-order valence-electron chi connectivity index (χ3n) is 3.83. The molecule has 1 rings (SSSR count). The highest BCUT2D eigenvalue weighted by Crippen LogP contribution is 2.22. The zero-order valence-corrected chi connectivity index (χ0v) is 14.0. The summed E-state index contributed by atoms with van der Waals surface area (Å²) in [6.45, 7) is 6.84. The Morgan fingerprint density at radius 1 is 1.14 bits per heavy atom. The number of aldehydes is 1. The van der Waals surface area contributed by atoms with Crippen LogP contribution in [-0.4, -0.2) is 44.7 Å². The standard InChI is InChI=1S/C17H31NO4/c1-14(2)13-22-10-3-9-21-11-8-17(20)18-16-6-4-15(12-19)5-7-16/h12,14-16H,3-11,13H2,1-2H3,(H,18,20). The smallest absolute Gasteiger partial charge is 0.222 e. The van der Waals surface area contributed by atoms with Crippen LogP contribution in [0, 0.1) is 11.8 Å². The first-order chi connectivity index (χ1) is 10.6. The first-order valence-electron chi connectivity index (χ1n) is 8.52. The Morgan fingerprint density at radius 3 is 2.45 bits per heavy atom. The third-order valence-corrected chi connectivity index (χ3v) is 3.83. The average Bonchev–Trinajstić information content (AvgIpc) is 2.50. The molecule has 0 saturated heterocycles. The normalized spacial score (nSPS) is 21.8. The Kier molecular flexibility index (Phi) is 10.1. The lowest BCUT2D eigenvalue weighted by Gasteiger charge is -2.26. The van der Waals surface area contributed by atoms with Crippen LogP contribution in [0.15, 0.2) is 0 Å². The maximum absolute atomic E-state index is 11.8. The van der Waals surface area contributed by atoms with Gasteiger partial charge in [0.25, 0.3) is 0 Å². The van der Waals surface area contributed by atoms with Crippen LogP contribution in [0.4, 0.5) is 0 Å². The Balaban J connectivity index is 1.92. The summed E-state index contributed by atoms with van der Waals surface area (Å²) >= 11 is 0. The molecule has 1 aliphatic rings. The van der Waals surface area contributed by atoms with Gasteiger partial charge in [-0.15, -0.1) is 0 Å². The van der Waals surface area contributed by atoms with E-state index in [9.17, 15) is 9.59 Å². The summed E-state index contributed by atoms with van der Waals surface area (Å²) in [6, 6.07) is 0.230. The van der Waals surface area contributed by atoms with Crippen LogP contribution >= 0.6 is 0 Å². The summed E-state index contributed by atoms with van der Waals surface area (Å²) < 4.78 is 10.9. The minimum Gasteiger partial charge on any atom is -0.381 e. The highest BCUT2D eigenvalue weighted by molar-refractivity contribution is 5.76. The number of rotatable bonds is 11. The van der Waals surface area contributed by atoms with E-state index >= 15 is 0 Å². The van der Waals surface area contributed by atoms with E-state index in [2.05, 4.69) is 19.2 Å². The fraction of sp³-hybridized carbons (Fsp3) is 0.882. The molecule has 1 amide bonds. The zero-order chi connectivity index (χ0) is 16.2. The molecule has 128 valence electrons. The molecule has 1 fully saturated rings. The molecule has 5 heteroatoms. The van der Waals surface area contributed by atoms with Crippen LogP contribution in [0.2, 0.25) is 0 Å². The van der Waals surface area contributed by atoms with Crippen LogP contribution in [-0.2, 0) is 19.1 Å². The highest BCUT2D eigenvalue weighted by atomic mass is 16.5. The van der Waals surface area contributed by atoms with Gasteiger partial charge in [-0.2, -0.15) is 0 Å². The van der Waals surface area contributed by atoms with E-state index < -0.39 is 0 Å². The third kappa shape index (κ3) is 9.15. The molecule has 1 aliphatic carbocycles. The van der Waals surface area contributed by atoms with Crippen molar-refractivity contribution in [2.24, 2.45) is 11.8 Å². The Bertz CT molecular complexity index is 312. The summed E-state index contributed by atoms with van der Waals surface area (Å²) in [5.74, 6) is 0.797. The maximum Gasteiger partial charge on any atom is 0.222 e. The summed E-state index contributed by atoms with van der Waals surface area (Å²) in [7, 11) is 0. The second-order valence-electron chi connectivity index (χ2n) is 6.50. The van der Waals surface area contributed by atoms with Crippen molar-refractivity contribution in [2.45, 2.75) is 58.4 Å². The Morgan fingerprint density at radius 2 is 1.82 bits per heavy atom. The molecule has 1 N–H and O–H groups in total. The number of carbonyl (C=O) groups excluding carboxylic acids is 2. The van der Waals surface area contributed by atoms with E-state index in [1.165, 1.54) is 0 Å². The monoisotopic (exact) mass is 313 g/mol.